The Labute approximate surface area is 110 Å². The highest BCUT2D eigenvalue weighted by molar-refractivity contribution is 5.85. The summed E-state index contributed by atoms with van der Waals surface area (Å²) in [4.78, 5) is 13.1. The number of rotatable bonds is 4. The Hall–Kier alpha value is -0.230. The number of carbonyl (C=O) groups excluding carboxylic acids is 1. The minimum absolute atomic E-state index is 0. The van der Waals surface area contributed by atoms with Crippen LogP contribution in [-0.4, -0.2) is 42.8 Å². The lowest BCUT2D eigenvalue weighted by Gasteiger charge is -2.26. The number of carbonyl (C=O) groups is 1. The molecule has 16 heavy (non-hydrogen) atoms. The highest BCUT2D eigenvalue weighted by atomic mass is 35.5. The second kappa shape index (κ2) is 9.96. The summed E-state index contributed by atoms with van der Waals surface area (Å²) in [6, 6.07) is 0. The Balaban J connectivity index is -0.000000845. The van der Waals surface area contributed by atoms with Crippen molar-refractivity contribution in [1.82, 2.24) is 4.90 Å². The smallest absolute Gasteiger partial charge is 0.410 e. The molecule has 0 atom stereocenters. The van der Waals surface area contributed by atoms with Crippen LogP contribution in [-0.2, 0) is 4.74 Å². The summed E-state index contributed by atoms with van der Waals surface area (Å²) in [5.74, 6) is 0. The molecule has 0 aliphatic heterocycles. The van der Waals surface area contributed by atoms with Crippen LogP contribution >= 0.6 is 24.8 Å². The van der Waals surface area contributed by atoms with Gasteiger partial charge in [-0.15, -0.1) is 24.8 Å². The maximum Gasteiger partial charge on any atom is 0.410 e. The highest BCUT2D eigenvalue weighted by Gasteiger charge is 2.20. The van der Waals surface area contributed by atoms with Gasteiger partial charge >= 0.3 is 6.09 Å². The van der Waals surface area contributed by atoms with Gasteiger partial charge in [0.15, 0.2) is 0 Å². The first-order valence-electron chi connectivity index (χ1n) is 4.78. The van der Waals surface area contributed by atoms with Crippen LogP contribution < -0.4 is 11.5 Å². The van der Waals surface area contributed by atoms with Crippen LogP contribution in [0.25, 0.3) is 0 Å². The minimum Gasteiger partial charge on any atom is -0.444 e. The van der Waals surface area contributed by atoms with Crippen LogP contribution in [0.5, 0.6) is 0 Å². The quantitative estimate of drug-likeness (QED) is 0.802. The van der Waals surface area contributed by atoms with E-state index in [-0.39, 0.29) is 30.9 Å². The molecule has 0 unspecified atom stereocenters. The molecule has 7 heteroatoms. The molecule has 0 aliphatic rings. The highest BCUT2D eigenvalue weighted by Crippen LogP contribution is 2.09. The van der Waals surface area contributed by atoms with Gasteiger partial charge in [-0.1, -0.05) is 0 Å². The van der Waals surface area contributed by atoms with Gasteiger partial charge in [0.25, 0.3) is 0 Å². The maximum atomic E-state index is 11.5. The summed E-state index contributed by atoms with van der Waals surface area (Å²) in [5, 5.41) is 0. The molecule has 0 aromatic carbocycles. The molecular formula is C9H23Cl2N3O2. The monoisotopic (exact) mass is 275 g/mol. The summed E-state index contributed by atoms with van der Waals surface area (Å²) in [6.45, 7) is 7.27. The van der Waals surface area contributed by atoms with Gasteiger partial charge in [-0.2, -0.15) is 0 Å². The van der Waals surface area contributed by atoms with Crippen LogP contribution in [0.2, 0.25) is 0 Å². The van der Waals surface area contributed by atoms with Crippen molar-refractivity contribution in [3.63, 3.8) is 0 Å². The lowest BCUT2D eigenvalue weighted by atomic mass is 10.2. The molecule has 0 aromatic heterocycles. The average molecular weight is 276 g/mol. The Morgan fingerprint density at radius 3 is 1.75 bits per heavy atom. The molecule has 0 radical (unpaired) electrons. The van der Waals surface area contributed by atoms with Crippen LogP contribution in [0, 0.1) is 0 Å². The Bertz CT molecular complexity index is 180. The van der Waals surface area contributed by atoms with Crippen molar-refractivity contribution in [3.05, 3.63) is 0 Å². The normalized spacial score (nSPS) is 9.81. The van der Waals surface area contributed by atoms with Crippen molar-refractivity contribution in [2.75, 3.05) is 26.2 Å². The van der Waals surface area contributed by atoms with Crippen LogP contribution in [0.3, 0.4) is 0 Å². The van der Waals surface area contributed by atoms with E-state index < -0.39 is 5.60 Å². The van der Waals surface area contributed by atoms with E-state index in [9.17, 15) is 4.79 Å². The van der Waals surface area contributed by atoms with E-state index in [1.807, 2.05) is 20.8 Å². The van der Waals surface area contributed by atoms with E-state index in [0.717, 1.165) is 0 Å². The molecule has 0 bridgehead atoms. The van der Waals surface area contributed by atoms with Crippen molar-refractivity contribution in [2.45, 2.75) is 26.4 Å². The van der Waals surface area contributed by atoms with E-state index in [4.69, 9.17) is 16.2 Å². The molecule has 0 saturated carbocycles. The zero-order valence-corrected chi connectivity index (χ0v) is 11.7. The average Bonchev–Trinajstić information content (AvgIpc) is 2.01. The molecule has 4 N–H and O–H groups in total. The van der Waals surface area contributed by atoms with Gasteiger partial charge in [0.05, 0.1) is 0 Å². The van der Waals surface area contributed by atoms with Crippen molar-refractivity contribution < 1.29 is 9.53 Å². The van der Waals surface area contributed by atoms with Gasteiger partial charge in [-0.3, -0.25) is 0 Å². The predicted molar refractivity (Wildman–Crippen MR) is 70.4 cm³/mol. The fraction of sp³-hybridized carbons (Fsp3) is 0.889. The van der Waals surface area contributed by atoms with Crippen molar-refractivity contribution in [2.24, 2.45) is 11.5 Å². The predicted octanol–water partition coefficient (Wildman–Crippen LogP) is 0.984. The van der Waals surface area contributed by atoms with Gasteiger partial charge < -0.3 is 21.1 Å². The third-order valence-electron chi connectivity index (χ3n) is 1.45. The minimum atomic E-state index is -0.474. The number of ether oxygens (including phenoxy) is 1. The summed E-state index contributed by atoms with van der Waals surface area (Å²) < 4.78 is 5.18. The van der Waals surface area contributed by atoms with Crippen molar-refractivity contribution >= 4 is 30.9 Å². The van der Waals surface area contributed by atoms with Crippen molar-refractivity contribution in [3.8, 4) is 0 Å². The van der Waals surface area contributed by atoms with E-state index in [1.165, 1.54) is 4.90 Å². The van der Waals surface area contributed by atoms with E-state index in [2.05, 4.69) is 0 Å². The molecule has 1 amide bonds. The summed E-state index contributed by atoms with van der Waals surface area (Å²) in [5.41, 5.74) is 10.3. The summed E-state index contributed by atoms with van der Waals surface area (Å²) in [7, 11) is 0. The Morgan fingerprint density at radius 2 is 1.50 bits per heavy atom. The largest absolute Gasteiger partial charge is 0.444 e. The first kappa shape index (κ1) is 21.1. The van der Waals surface area contributed by atoms with Gasteiger partial charge in [0.1, 0.15) is 5.60 Å². The van der Waals surface area contributed by atoms with Crippen LogP contribution in [0.15, 0.2) is 0 Å². The first-order chi connectivity index (χ1) is 6.40. The van der Waals surface area contributed by atoms with Crippen molar-refractivity contribution in [1.29, 1.82) is 0 Å². The molecule has 0 rings (SSSR count). The number of amides is 1. The maximum absolute atomic E-state index is 11.5. The number of nitrogens with zero attached hydrogens (tertiary/aromatic N) is 1. The number of hydrogen-bond acceptors (Lipinski definition) is 4. The fourth-order valence-electron chi connectivity index (χ4n) is 0.933. The molecule has 0 aliphatic carbocycles. The second-order valence-corrected chi connectivity index (χ2v) is 4.04. The third kappa shape index (κ3) is 10.3. The first-order valence-corrected chi connectivity index (χ1v) is 4.78. The molecule has 0 aromatic rings. The topological polar surface area (TPSA) is 81.6 Å². The zero-order chi connectivity index (χ0) is 11.2. The SMILES string of the molecule is CC(C)(C)OC(=O)N(CCN)CCN.Cl.Cl. The van der Waals surface area contributed by atoms with Gasteiger partial charge in [0, 0.05) is 26.2 Å². The summed E-state index contributed by atoms with van der Waals surface area (Å²) >= 11 is 0. The molecular weight excluding hydrogens is 253 g/mol. The second-order valence-electron chi connectivity index (χ2n) is 4.04. The van der Waals surface area contributed by atoms with E-state index in [1.54, 1.807) is 0 Å². The van der Waals surface area contributed by atoms with Gasteiger partial charge in [-0.05, 0) is 20.8 Å². The molecule has 0 saturated heterocycles. The number of hydrogen-bond donors (Lipinski definition) is 2. The zero-order valence-electron chi connectivity index (χ0n) is 10.1. The van der Waals surface area contributed by atoms with Crippen LogP contribution in [0.1, 0.15) is 20.8 Å². The van der Waals surface area contributed by atoms with Gasteiger partial charge in [0.2, 0.25) is 0 Å². The Kier molecular flexibility index (Phi) is 13.1. The summed E-state index contributed by atoms with van der Waals surface area (Å²) in [6.07, 6.45) is -0.353. The lowest BCUT2D eigenvalue weighted by molar-refractivity contribution is 0.0261. The van der Waals surface area contributed by atoms with Crippen LogP contribution in [0.4, 0.5) is 4.79 Å². The lowest BCUT2D eigenvalue weighted by Crippen LogP contribution is -2.42. The molecule has 0 spiro atoms. The third-order valence-corrected chi connectivity index (χ3v) is 1.45. The fourth-order valence-corrected chi connectivity index (χ4v) is 0.933. The molecule has 0 heterocycles. The van der Waals surface area contributed by atoms with E-state index in [0.29, 0.717) is 26.2 Å². The number of nitrogens with two attached hydrogens (primary N) is 2. The molecule has 0 fully saturated rings. The molecule has 5 nitrogen and oxygen atoms in total. The molecule has 100 valence electrons. The van der Waals surface area contributed by atoms with E-state index >= 15 is 0 Å². The van der Waals surface area contributed by atoms with Gasteiger partial charge in [-0.25, -0.2) is 4.79 Å². The standard InChI is InChI=1S/C9H21N3O2.2ClH/c1-9(2,3)14-8(13)12(6-4-10)7-5-11;;/h4-7,10-11H2,1-3H3;2*1H. The Morgan fingerprint density at radius 1 is 1.12 bits per heavy atom. The number of halogens is 2.